The molecule has 3 aromatic heterocycles. The fourth-order valence-electron chi connectivity index (χ4n) is 3.33. The van der Waals surface area contributed by atoms with Crippen molar-refractivity contribution in [2.24, 2.45) is 0 Å². The van der Waals surface area contributed by atoms with Crippen molar-refractivity contribution in [1.82, 2.24) is 20.3 Å². The molecule has 0 atom stereocenters. The number of aryl methyl sites for hydroxylation is 2. The van der Waals surface area contributed by atoms with E-state index in [1.165, 1.54) is 10.4 Å². The van der Waals surface area contributed by atoms with Crippen LogP contribution in [0.3, 0.4) is 0 Å². The lowest BCUT2D eigenvalue weighted by Gasteiger charge is -2.10. The molecule has 4 aromatic rings. The number of nitrogens with zero attached hydrogens (tertiary/aromatic N) is 3. The molecule has 0 fully saturated rings. The Balaban J connectivity index is 1.46. The minimum Gasteiger partial charge on any atom is -0.369 e. The van der Waals surface area contributed by atoms with Crippen LogP contribution in [0.15, 0.2) is 55.1 Å². The van der Waals surface area contributed by atoms with E-state index in [1.807, 2.05) is 12.1 Å². The minimum atomic E-state index is -0.00938. The number of carbonyl (C=O) groups is 1. The number of hydrogen-bond acceptors (Lipinski definition) is 6. The van der Waals surface area contributed by atoms with Crippen LogP contribution in [-0.4, -0.2) is 27.4 Å². The zero-order chi connectivity index (χ0) is 20.9. The van der Waals surface area contributed by atoms with Crippen molar-refractivity contribution in [3.8, 4) is 11.1 Å². The van der Waals surface area contributed by atoms with E-state index in [2.05, 4.69) is 63.7 Å². The lowest BCUT2D eigenvalue weighted by molar-refractivity contribution is -0.121. The molecule has 4 rings (SSSR count). The lowest BCUT2D eigenvalue weighted by atomic mass is 10.0. The van der Waals surface area contributed by atoms with Crippen LogP contribution < -0.4 is 10.6 Å². The van der Waals surface area contributed by atoms with Crippen molar-refractivity contribution in [3.63, 3.8) is 0 Å². The summed E-state index contributed by atoms with van der Waals surface area (Å²) < 4.78 is 0. The topological polar surface area (TPSA) is 79.8 Å². The molecule has 0 radical (unpaired) electrons. The molecule has 7 heteroatoms. The highest BCUT2D eigenvalue weighted by Crippen LogP contribution is 2.40. The number of amides is 1. The van der Waals surface area contributed by atoms with Crippen molar-refractivity contribution in [2.45, 2.75) is 26.8 Å². The van der Waals surface area contributed by atoms with Crippen LogP contribution in [0.5, 0.6) is 0 Å². The zero-order valence-corrected chi connectivity index (χ0v) is 17.8. The summed E-state index contributed by atoms with van der Waals surface area (Å²) in [4.78, 5) is 27.2. The molecular formula is C23H23N5OS. The second-order valence-corrected chi connectivity index (χ2v) is 8.31. The molecule has 152 valence electrons. The van der Waals surface area contributed by atoms with Gasteiger partial charge in [0.2, 0.25) is 5.91 Å². The number of carbonyl (C=O) groups excluding carboxylic acids is 1. The van der Waals surface area contributed by atoms with E-state index in [4.69, 9.17) is 0 Å². The fourth-order valence-corrected chi connectivity index (χ4v) is 4.34. The third-order valence-electron chi connectivity index (χ3n) is 4.89. The van der Waals surface area contributed by atoms with E-state index >= 15 is 0 Å². The molecule has 6 nitrogen and oxygen atoms in total. The number of nitrogens with one attached hydrogen (secondary N) is 2. The first kappa shape index (κ1) is 20.0. The second kappa shape index (κ2) is 9.00. The van der Waals surface area contributed by atoms with Crippen LogP contribution in [0.4, 0.5) is 5.82 Å². The average Bonchev–Trinajstić information content (AvgIpc) is 3.10. The number of benzene rings is 1. The van der Waals surface area contributed by atoms with Gasteiger partial charge in [0, 0.05) is 42.3 Å². The largest absolute Gasteiger partial charge is 0.369 e. The van der Waals surface area contributed by atoms with Gasteiger partial charge in [0.15, 0.2) is 0 Å². The Labute approximate surface area is 179 Å². The van der Waals surface area contributed by atoms with E-state index in [9.17, 15) is 4.79 Å². The monoisotopic (exact) mass is 417 g/mol. The molecule has 3 heterocycles. The van der Waals surface area contributed by atoms with Gasteiger partial charge in [-0.15, -0.1) is 11.3 Å². The van der Waals surface area contributed by atoms with Gasteiger partial charge in [-0.25, -0.2) is 9.97 Å². The zero-order valence-electron chi connectivity index (χ0n) is 17.0. The standard InChI is InChI=1S/C23H23N5OS/c1-15-3-5-18(6-4-15)20-16(2)30-23-21(20)22(27-14-28-23)25-12-9-19(29)26-13-17-7-10-24-11-8-17/h3-8,10-11,14H,9,12-13H2,1-2H3,(H,26,29)(H,25,27,28). The van der Waals surface area contributed by atoms with Crippen LogP contribution >= 0.6 is 11.3 Å². The fraction of sp³-hybridized carbons (Fsp3) is 0.217. The summed E-state index contributed by atoms with van der Waals surface area (Å²) in [6.07, 6.45) is 5.37. The third-order valence-corrected chi connectivity index (χ3v) is 5.90. The quantitative estimate of drug-likeness (QED) is 0.463. The summed E-state index contributed by atoms with van der Waals surface area (Å²) >= 11 is 1.66. The minimum absolute atomic E-state index is 0.00938. The number of aromatic nitrogens is 3. The van der Waals surface area contributed by atoms with Crippen molar-refractivity contribution >= 4 is 33.3 Å². The first-order valence-electron chi connectivity index (χ1n) is 9.82. The van der Waals surface area contributed by atoms with Crippen LogP contribution in [0.2, 0.25) is 0 Å². The van der Waals surface area contributed by atoms with E-state index < -0.39 is 0 Å². The van der Waals surface area contributed by atoms with E-state index in [-0.39, 0.29) is 5.91 Å². The molecule has 0 saturated carbocycles. The molecule has 0 spiro atoms. The normalized spacial score (nSPS) is 10.9. The summed E-state index contributed by atoms with van der Waals surface area (Å²) in [6.45, 7) is 5.19. The Morgan fingerprint density at radius 3 is 2.57 bits per heavy atom. The molecule has 0 aliphatic carbocycles. The van der Waals surface area contributed by atoms with Crippen LogP contribution in [0, 0.1) is 13.8 Å². The van der Waals surface area contributed by atoms with Gasteiger partial charge in [-0.2, -0.15) is 0 Å². The van der Waals surface area contributed by atoms with Crippen molar-refractivity contribution < 1.29 is 4.79 Å². The van der Waals surface area contributed by atoms with Crippen molar-refractivity contribution in [3.05, 3.63) is 71.1 Å². The van der Waals surface area contributed by atoms with Gasteiger partial charge in [0.1, 0.15) is 17.0 Å². The maximum Gasteiger partial charge on any atom is 0.222 e. The number of hydrogen-bond donors (Lipinski definition) is 2. The number of rotatable bonds is 7. The summed E-state index contributed by atoms with van der Waals surface area (Å²) in [6, 6.07) is 12.3. The summed E-state index contributed by atoms with van der Waals surface area (Å²) in [7, 11) is 0. The number of fused-ring (bicyclic) bond motifs is 1. The Bertz CT molecular complexity index is 1160. The Kier molecular flexibility index (Phi) is 5.99. The summed E-state index contributed by atoms with van der Waals surface area (Å²) in [5.74, 6) is 0.756. The maximum absolute atomic E-state index is 12.2. The second-order valence-electron chi connectivity index (χ2n) is 7.11. The molecular weight excluding hydrogens is 394 g/mol. The van der Waals surface area contributed by atoms with E-state index in [1.54, 1.807) is 30.1 Å². The highest BCUT2D eigenvalue weighted by atomic mass is 32.1. The molecule has 0 saturated heterocycles. The van der Waals surface area contributed by atoms with Gasteiger partial charge in [-0.3, -0.25) is 9.78 Å². The molecule has 1 aromatic carbocycles. The maximum atomic E-state index is 12.2. The Morgan fingerprint density at radius 2 is 1.80 bits per heavy atom. The van der Waals surface area contributed by atoms with Crippen molar-refractivity contribution in [1.29, 1.82) is 0 Å². The first-order chi connectivity index (χ1) is 14.6. The first-order valence-corrected chi connectivity index (χ1v) is 10.6. The van der Waals surface area contributed by atoms with Crippen molar-refractivity contribution in [2.75, 3.05) is 11.9 Å². The highest BCUT2D eigenvalue weighted by Gasteiger charge is 2.16. The van der Waals surface area contributed by atoms with Gasteiger partial charge >= 0.3 is 0 Å². The number of anilines is 1. The van der Waals surface area contributed by atoms with Gasteiger partial charge in [-0.1, -0.05) is 29.8 Å². The molecule has 0 bridgehead atoms. The summed E-state index contributed by atoms with van der Waals surface area (Å²) in [5, 5.41) is 7.28. The predicted octanol–water partition coefficient (Wildman–Crippen LogP) is 4.49. The van der Waals surface area contributed by atoms with E-state index in [0.29, 0.717) is 19.5 Å². The van der Waals surface area contributed by atoms with Gasteiger partial charge in [0.25, 0.3) is 0 Å². The average molecular weight is 418 g/mol. The molecule has 0 aliphatic rings. The molecule has 0 unspecified atom stereocenters. The van der Waals surface area contributed by atoms with Crippen LogP contribution in [0.1, 0.15) is 22.4 Å². The van der Waals surface area contributed by atoms with Gasteiger partial charge in [0.05, 0.1) is 5.39 Å². The predicted molar refractivity (Wildman–Crippen MR) is 122 cm³/mol. The molecule has 1 amide bonds. The SMILES string of the molecule is Cc1ccc(-c2c(C)sc3ncnc(NCCC(=O)NCc4ccncc4)c23)cc1. The number of thiophene rings is 1. The smallest absolute Gasteiger partial charge is 0.222 e. The molecule has 2 N–H and O–H groups in total. The van der Waals surface area contributed by atoms with Crippen LogP contribution in [-0.2, 0) is 11.3 Å². The lowest BCUT2D eigenvalue weighted by Crippen LogP contribution is -2.25. The van der Waals surface area contributed by atoms with Crippen LogP contribution in [0.25, 0.3) is 21.3 Å². The summed E-state index contributed by atoms with van der Waals surface area (Å²) in [5.41, 5.74) is 4.56. The van der Waals surface area contributed by atoms with Gasteiger partial charge < -0.3 is 10.6 Å². The molecule has 0 aliphatic heterocycles. The van der Waals surface area contributed by atoms with Gasteiger partial charge in [-0.05, 0) is 37.1 Å². The highest BCUT2D eigenvalue weighted by molar-refractivity contribution is 7.19. The number of pyridine rings is 1. The third kappa shape index (κ3) is 4.46. The Morgan fingerprint density at radius 1 is 1.03 bits per heavy atom. The van der Waals surface area contributed by atoms with E-state index in [0.717, 1.165) is 32.7 Å². The molecule has 30 heavy (non-hydrogen) atoms. The Hall–Kier alpha value is -3.32.